The number of halogens is 1. The summed E-state index contributed by atoms with van der Waals surface area (Å²) in [7, 11) is 0. The van der Waals surface area contributed by atoms with E-state index in [4.69, 9.17) is 25.8 Å². The summed E-state index contributed by atoms with van der Waals surface area (Å²) in [6.45, 7) is 4.25. The van der Waals surface area contributed by atoms with Gasteiger partial charge < -0.3 is 24.4 Å². The zero-order valence-electron chi connectivity index (χ0n) is 16.3. The summed E-state index contributed by atoms with van der Waals surface area (Å²) in [6.07, 6.45) is 1.89. The van der Waals surface area contributed by atoms with Crippen LogP contribution in [0.4, 0.5) is 0 Å². The van der Waals surface area contributed by atoms with Crippen molar-refractivity contribution in [2.45, 2.75) is 50.6 Å². The van der Waals surface area contributed by atoms with Crippen LogP contribution in [0.3, 0.4) is 0 Å². The molecule has 0 aromatic heterocycles. The summed E-state index contributed by atoms with van der Waals surface area (Å²) in [4.78, 5) is 37.5. The van der Waals surface area contributed by atoms with Crippen LogP contribution in [0, 0.1) is 5.92 Å². The lowest BCUT2D eigenvalue weighted by atomic mass is 9.77. The van der Waals surface area contributed by atoms with Gasteiger partial charge in [-0.25, -0.2) is 9.59 Å². The standard InChI is InChI=1S/C20H23ClO8/c1-4-10(2)17(24)27-14-7-19(3)15(23)6-12(29-19)11(8-22)5-13-16(14)20(26,9-21)18(25)28-13/h4-6,13-14,16,22,26H,7-9H2,1-3H3/b10-4-,11-5-/t13-,14+,16-,19+,20+/m0/s1. The van der Waals surface area contributed by atoms with Crippen LogP contribution in [0.1, 0.15) is 27.2 Å². The molecule has 0 aromatic rings. The number of ether oxygens (including phenoxy) is 3. The lowest BCUT2D eigenvalue weighted by molar-refractivity contribution is -0.163. The fraction of sp³-hybridized carbons (Fsp3) is 0.550. The number of fused-ring (bicyclic) bond motifs is 3. The zero-order chi connectivity index (χ0) is 21.6. The number of alkyl halides is 1. The Labute approximate surface area is 172 Å². The maximum Gasteiger partial charge on any atom is 0.340 e. The highest BCUT2D eigenvalue weighted by Gasteiger charge is 2.62. The van der Waals surface area contributed by atoms with E-state index in [0.717, 1.165) is 0 Å². The molecule has 3 aliphatic heterocycles. The summed E-state index contributed by atoms with van der Waals surface area (Å²) in [5.74, 6) is -3.46. The van der Waals surface area contributed by atoms with Crippen molar-refractivity contribution < 1.29 is 38.8 Å². The summed E-state index contributed by atoms with van der Waals surface area (Å²) in [6, 6.07) is 0. The largest absolute Gasteiger partial charge is 0.479 e. The van der Waals surface area contributed by atoms with Gasteiger partial charge in [0.05, 0.1) is 18.4 Å². The molecule has 0 amide bonds. The van der Waals surface area contributed by atoms with Crippen LogP contribution in [0.2, 0.25) is 0 Å². The average Bonchev–Trinajstić information content (AvgIpc) is 3.12. The molecule has 1 saturated heterocycles. The van der Waals surface area contributed by atoms with E-state index >= 15 is 0 Å². The third kappa shape index (κ3) is 3.49. The Morgan fingerprint density at radius 2 is 2.14 bits per heavy atom. The van der Waals surface area contributed by atoms with E-state index in [1.807, 2.05) is 0 Å². The van der Waals surface area contributed by atoms with Gasteiger partial charge in [-0.15, -0.1) is 11.6 Å². The molecule has 3 heterocycles. The SMILES string of the molecule is C/C=C(/C)C(=O)O[C@@H]1C[C@@]2(C)OC(=CC2=O)/C(CO)=C\[C@@H]2OC(=O)[C@@](O)(CCl)[C@@H]21. The van der Waals surface area contributed by atoms with Gasteiger partial charge in [-0.05, 0) is 26.8 Å². The number of carbonyl (C=O) groups excluding carboxylic acids is 3. The summed E-state index contributed by atoms with van der Waals surface area (Å²) in [5, 5.41) is 20.7. The van der Waals surface area contributed by atoms with Crippen LogP contribution in [0.25, 0.3) is 0 Å². The van der Waals surface area contributed by atoms with E-state index in [0.29, 0.717) is 5.57 Å². The second kappa shape index (κ2) is 7.59. The highest BCUT2D eigenvalue weighted by atomic mass is 35.5. The molecule has 0 aliphatic carbocycles. The maximum absolute atomic E-state index is 12.6. The topological polar surface area (TPSA) is 119 Å². The Balaban J connectivity index is 2.14. The number of carbonyl (C=O) groups is 3. The van der Waals surface area contributed by atoms with E-state index in [9.17, 15) is 24.6 Å². The molecule has 0 radical (unpaired) electrons. The van der Waals surface area contributed by atoms with E-state index in [1.54, 1.807) is 19.9 Å². The molecule has 2 N–H and O–H groups in total. The van der Waals surface area contributed by atoms with Crippen LogP contribution in [0.15, 0.2) is 35.1 Å². The lowest BCUT2D eigenvalue weighted by Crippen LogP contribution is -2.52. The molecule has 0 spiro atoms. The summed E-state index contributed by atoms with van der Waals surface area (Å²) >= 11 is 5.92. The number of ketones is 1. The molecule has 8 nitrogen and oxygen atoms in total. The molecule has 3 aliphatic rings. The van der Waals surface area contributed by atoms with Crippen LogP contribution in [0.5, 0.6) is 0 Å². The molecule has 29 heavy (non-hydrogen) atoms. The number of esters is 2. The van der Waals surface area contributed by atoms with Crippen LogP contribution in [-0.4, -0.2) is 63.8 Å². The van der Waals surface area contributed by atoms with Gasteiger partial charge in [0.2, 0.25) is 5.78 Å². The molecule has 3 rings (SSSR count). The summed E-state index contributed by atoms with van der Waals surface area (Å²) < 4.78 is 16.7. The highest BCUT2D eigenvalue weighted by Crippen LogP contribution is 2.45. The Hall–Kier alpha value is -2.16. The molecule has 158 valence electrons. The number of allylic oxidation sites excluding steroid dienone is 1. The summed E-state index contributed by atoms with van der Waals surface area (Å²) in [5.41, 5.74) is -3.02. The van der Waals surface area contributed by atoms with Gasteiger partial charge in [0, 0.05) is 23.6 Å². The van der Waals surface area contributed by atoms with Gasteiger partial charge in [-0.1, -0.05) is 6.08 Å². The quantitative estimate of drug-likeness (QED) is 0.387. The number of hydrogen-bond acceptors (Lipinski definition) is 8. The van der Waals surface area contributed by atoms with Crippen molar-refractivity contribution in [3.63, 3.8) is 0 Å². The van der Waals surface area contributed by atoms with Gasteiger partial charge >= 0.3 is 11.9 Å². The smallest absolute Gasteiger partial charge is 0.340 e. The minimum absolute atomic E-state index is 0.141. The number of aliphatic hydroxyl groups is 2. The Kier molecular flexibility index (Phi) is 5.64. The molecule has 0 saturated carbocycles. The van der Waals surface area contributed by atoms with E-state index in [2.05, 4.69) is 0 Å². The van der Waals surface area contributed by atoms with Gasteiger partial charge in [-0.3, -0.25) is 4.79 Å². The molecule has 5 atom stereocenters. The molecule has 0 unspecified atom stereocenters. The number of rotatable bonds is 4. The molecule has 1 fully saturated rings. The number of aliphatic hydroxyl groups excluding tert-OH is 1. The Morgan fingerprint density at radius 3 is 2.72 bits per heavy atom. The van der Waals surface area contributed by atoms with Crippen LogP contribution < -0.4 is 0 Å². The number of hydrogen-bond donors (Lipinski definition) is 2. The normalized spacial score (nSPS) is 38.6. The Morgan fingerprint density at radius 1 is 1.45 bits per heavy atom. The predicted molar refractivity (Wildman–Crippen MR) is 101 cm³/mol. The highest BCUT2D eigenvalue weighted by molar-refractivity contribution is 6.20. The first kappa shape index (κ1) is 21.5. The van der Waals surface area contributed by atoms with Gasteiger partial charge in [0.25, 0.3) is 0 Å². The van der Waals surface area contributed by atoms with Gasteiger partial charge in [0.15, 0.2) is 11.2 Å². The molecule has 9 heteroatoms. The zero-order valence-corrected chi connectivity index (χ0v) is 17.1. The van der Waals surface area contributed by atoms with Crippen molar-refractivity contribution >= 4 is 29.3 Å². The van der Waals surface area contributed by atoms with E-state index in [-0.39, 0.29) is 23.5 Å². The van der Waals surface area contributed by atoms with Crippen LogP contribution in [-0.2, 0) is 28.6 Å². The predicted octanol–water partition coefficient (Wildman–Crippen LogP) is 0.940. The minimum atomic E-state index is -2.14. The molecular weight excluding hydrogens is 404 g/mol. The van der Waals surface area contributed by atoms with E-state index in [1.165, 1.54) is 19.1 Å². The van der Waals surface area contributed by atoms with Gasteiger partial charge in [-0.2, -0.15) is 0 Å². The van der Waals surface area contributed by atoms with Crippen molar-refractivity contribution in [2.75, 3.05) is 12.5 Å². The van der Waals surface area contributed by atoms with Crippen molar-refractivity contribution in [2.24, 2.45) is 5.92 Å². The fourth-order valence-corrected chi connectivity index (χ4v) is 4.07. The maximum atomic E-state index is 12.6. The first-order valence-electron chi connectivity index (χ1n) is 9.20. The van der Waals surface area contributed by atoms with Crippen molar-refractivity contribution in [3.8, 4) is 0 Å². The molecule has 2 bridgehead atoms. The van der Waals surface area contributed by atoms with Gasteiger partial charge in [0.1, 0.15) is 18.0 Å². The second-order valence-corrected chi connectivity index (χ2v) is 7.90. The van der Waals surface area contributed by atoms with Crippen LogP contribution >= 0.6 is 11.6 Å². The molecular formula is C20H23ClO8. The third-order valence-electron chi connectivity index (χ3n) is 5.68. The third-order valence-corrected chi connectivity index (χ3v) is 6.09. The van der Waals surface area contributed by atoms with Crippen molar-refractivity contribution in [1.29, 1.82) is 0 Å². The monoisotopic (exact) mass is 426 g/mol. The molecule has 0 aromatic carbocycles. The Bertz CT molecular complexity index is 843. The van der Waals surface area contributed by atoms with E-state index < -0.39 is 53.8 Å². The average molecular weight is 427 g/mol. The minimum Gasteiger partial charge on any atom is -0.479 e. The second-order valence-electron chi connectivity index (χ2n) is 7.63. The van der Waals surface area contributed by atoms with Crippen molar-refractivity contribution in [1.82, 2.24) is 0 Å². The fourth-order valence-electron chi connectivity index (χ4n) is 3.79. The van der Waals surface area contributed by atoms with Crippen molar-refractivity contribution in [3.05, 3.63) is 35.1 Å². The first-order chi connectivity index (χ1) is 13.6. The first-order valence-corrected chi connectivity index (χ1v) is 9.73. The lowest BCUT2D eigenvalue weighted by Gasteiger charge is -2.35.